The second-order valence-corrected chi connectivity index (χ2v) is 4.46. The molecule has 13 heavy (non-hydrogen) atoms. The zero-order valence-corrected chi connectivity index (χ0v) is 9.53. The van der Waals surface area contributed by atoms with Gasteiger partial charge in [-0.15, -0.1) is 11.6 Å². The molecule has 0 heterocycles. The molecule has 1 aromatic carbocycles. The Kier molecular flexibility index (Phi) is 2.75. The highest BCUT2D eigenvalue weighted by atomic mass is 79.9. The fourth-order valence-corrected chi connectivity index (χ4v) is 2.21. The lowest BCUT2D eigenvalue weighted by molar-refractivity contribution is 0.929. The van der Waals surface area contributed by atoms with E-state index in [9.17, 15) is 0 Å². The van der Waals surface area contributed by atoms with E-state index in [0.717, 1.165) is 17.3 Å². The van der Waals surface area contributed by atoms with E-state index in [4.69, 9.17) is 11.6 Å². The van der Waals surface area contributed by atoms with Crippen LogP contribution in [0.2, 0.25) is 0 Å². The first kappa shape index (κ1) is 9.29. The van der Waals surface area contributed by atoms with Gasteiger partial charge in [0.05, 0.1) is 0 Å². The largest absolute Gasteiger partial charge is 0.122 e. The van der Waals surface area contributed by atoms with Gasteiger partial charge in [0.1, 0.15) is 0 Å². The van der Waals surface area contributed by atoms with Gasteiger partial charge in [0, 0.05) is 10.4 Å². The van der Waals surface area contributed by atoms with Crippen LogP contribution in [0.15, 0.2) is 28.2 Å². The van der Waals surface area contributed by atoms with Crippen LogP contribution >= 0.6 is 27.5 Å². The molecule has 2 rings (SSSR count). The lowest BCUT2D eigenvalue weighted by Crippen LogP contribution is -1.99. The van der Waals surface area contributed by atoms with Crippen LogP contribution in [0.3, 0.4) is 0 Å². The summed E-state index contributed by atoms with van der Waals surface area (Å²) in [6.07, 6.45) is 4.44. The Balaban J connectivity index is 2.44. The van der Waals surface area contributed by atoms with Gasteiger partial charge in [-0.2, -0.15) is 0 Å². The Labute approximate surface area is 91.7 Å². The summed E-state index contributed by atoms with van der Waals surface area (Å²) in [5, 5.41) is 0. The standard InChI is InChI=1S/C11H10BrCl/c12-11-4-3-9-2-1-8(7-13)5-10(9)6-11/h3-6H,1-2,7H2. The van der Waals surface area contributed by atoms with Gasteiger partial charge in [0.25, 0.3) is 0 Å². The molecule has 0 fully saturated rings. The van der Waals surface area contributed by atoms with Crippen LogP contribution in [0.25, 0.3) is 6.08 Å². The topological polar surface area (TPSA) is 0 Å². The van der Waals surface area contributed by atoms with E-state index in [1.807, 2.05) is 0 Å². The fourth-order valence-electron chi connectivity index (χ4n) is 1.62. The zero-order chi connectivity index (χ0) is 9.26. The van der Waals surface area contributed by atoms with Crippen LogP contribution in [-0.4, -0.2) is 5.88 Å². The minimum Gasteiger partial charge on any atom is -0.122 e. The van der Waals surface area contributed by atoms with Crippen LogP contribution in [-0.2, 0) is 6.42 Å². The average Bonchev–Trinajstić information content (AvgIpc) is 2.16. The molecular formula is C11H10BrCl. The molecule has 0 aliphatic heterocycles. The van der Waals surface area contributed by atoms with E-state index in [-0.39, 0.29) is 0 Å². The molecule has 0 saturated carbocycles. The molecule has 1 aliphatic carbocycles. The van der Waals surface area contributed by atoms with Crippen molar-refractivity contribution in [3.63, 3.8) is 0 Å². The van der Waals surface area contributed by atoms with Gasteiger partial charge in [-0.3, -0.25) is 0 Å². The summed E-state index contributed by atoms with van der Waals surface area (Å²) in [6, 6.07) is 6.43. The zero-order valence-electron chi connectivity index (χ0n) is 7.19. The maximum atomic E-state index is 5.81. The Morgan fingerprint density at radius 1 is 1.31 bits per heavy atom. The van der Waals surface area contributed by atoms with Crippen molar-refractivity contribution in [3.05, 3.63) is 39.4 Å². The van der Waals surface area contributed by atoms with E-state index >= 15 is 0 Å². The summed E-state index contributed by atoms with van der Waals surface area (Å²) in [5.41, 5.74) is 4.08. The highest BCUT2D eigenvalue weighted by Crippen LogP contribution is 2.26. The van der Waals surface area contributed by atoms with Gasteiger partial charge in [-0.25, -0.2) is 0 Å². The monoisotopic (exact) mass is 256 g/mol. The highest BCUT2D eigenvalue weighted by molar-refractivity contribution is 9.10. The van der Waals surface area contributed by atoms with Crippen molar-refractivity contribution >= 4 is 33.6 Å². The fraction of sp³-hybridized carbons (Fsp3) is 0.273. The molecule has 0 saturated heterocycles. The van der Waals surface area contributed by atoms with Gasteiger partial charge in [0.2, 0.25) is 0 Å². The Morgan fingerprint density at radius 2 is 2.15 bits per heavy atom. The van der Waals surface area contributed by atoms with Crippen LogP contribution in [0.4, 0.5) is 0 Å². The number of rotatable bonds is 1. The highest BCUT2D eigenvalue weighted by Gasteiger charge is 2.09. The third-order valence-electron chi connectivity index (χ3n) is 2.35. The summed E-state index contributed by atoms with van der Waals surface area (Å²) in [5.74, 6) is 0.659. The van der Waals surface area contributed by atoms with Gasteiger partial charge < -0.3 is 0 Å². The number of allylic oxidation sites excluding steroid dienone is 1. The first-order valence-corrected chi connectivity index (χ1v) is 5.66. The Hall–Kier alpha value is -0.270. The normalized spacial score (nSPS) is 15.1. The van der Waals surface area contributed by atoms with Crippen molar-refractivity contribution in [2.45, 2.75) is 12.8 Å². The molecule has 0 amide bonds. The summed E-state index contributed by atoms with van der Waals surface area (Å²) in [6.45, 7) is 0. The Morgan fingerprint density at radius 3 is 2.92 bits per heavy atom. The third-order valence-corrected chi connectivity index (χ3v) is 3.19. The average molecular weight is 258 g/mol. The third kappa shape index (κ3) is 1.97. The van der Waals surface area contributed by atoms with Crippen molar-refractivity contribution in [2.24, 2.45) is 0 Å². The molecule has 0 radical (unpaired) electrons. The van der Waals surface area contributed by atoms with Gasteiger partial charge in [-0.05, 0) is 36.1 Å². The number of aryl methyl sites for hydroxylation is 1. The van der Waals surface area contributed by atoms with Crippen molar-refractivity contribution in [2.75, 3.05) is 5.88 Å². The maximum absolute atomic E-state index is 5.81. The molecule has 0 aromatic heterocycles. The lowest BCUT2D eigenvalue weighted by atomic mass is 9.93. The van der Waals surface area contributed by atoms with Gasteiger partial charge in [-0.1, -0.05) is 33.6 Å². The summed E-state index contributed by atoms with van der Waals surface area (Å²) in [7, 11) is 0. The molecule has 0 nitrogen and oxygen atoms in total. The molecule has 2 heteroatoms. The van der Waals surface area contributed by atoms with Crippen molar-refractivity contribution in [1.29, 1.82) is 0 Å². The molecule has 68 valence electrons. The van der Waals surface area contributed by atoms with E-state index in [1.54, 1.807) is 0 Å². The van der Waals surface area contributed by atoms with Crippen LogP contribution < -0.4 is 0 Å². The van der Waals surface area contributed by atoms with Crippen molar-refractivity contribution < 1.29 is 0 Å². The maximum Gasteiger partial charge on any atom is 0.0436 e. The summed E-state index contributed by atoms with van der Waals surface area (Å²) in [4.78, 5) is 0. The van der Waals surface area contributed by atoms with Gasteiger partial charge >= 0.3 is 0 Å². The number of fused-ring (bicyclic) bond motifs is 1. The first-order chi connectivity index (χ1) is 6.29. The Bertz CT molecular complexity index is 355. The van der Waals surface area contributed by atoms with Crippen molar-refractivity contribution in [1.82, 2.24) is 0 Å². The summed E-state index contributed by atoms with van der Waals surface area (Å²) < 4.78 is 1.14. The number of hydrogen-bond donors (Lipinski definition) is 0. The number of alkyl halides is 1. The molecule has 0 spiro atoms. The molecule has 0 unspecified atom stereocenters. The SMILES string of the molecule is ClCC1=Cc2cc(Br)ccc2CC1. The first-order valence-electron chi connectivity index (χ1n) is 4.33. The molecule has 1 aromatic rings. The second-order valence-electron chi connectivity index (χ2n) is 3.28. The molecule has 0 atom stereocenters. The summed E-state index contributed by atoms with van der Waals surface area (Å²) >= 11 is 9.28. The van der Waals surface area contributed by atoms with Crippen LogP contribution in [0, 0.1) is 0 Å². The molecular weight excluding hydrogens is 247 g/mol. The predicted octanol–water partition coefficient (Wildman–Crippen LogP) is 4.02. The molecule has 0 bridgehead atoms. The minimum absolute atomic E-state index is 0.659. The lowest BCUT2D eigenvalue weighted by Gasteiger charge is -2.14. The number of hydrogen-bond acceptors (Lipinski definition) is 0. The smallest absolute Gasteiger partial charge is 0.0436 e. The van der Waals surface area contributed by atoms with E-state index < -0.39 is 0 Å². The minimum atomic E-state index is 0.659. The number of halogens is 2. The van der Waals surface area contributed by atoms with E-state index in [2.05, 4.69) is 40.2 Å². The number of benzene rings is 1. The van der Waals surface area contributed by atoms with E-state index in [0.29, 0.717) is 5.88 Å². The van der Waals surface area contributed by atoms with Gasteiger partial charge in [0.15, 0.2) is 0 Å². The van der Waals surface area contributed by atoms with Crippen LogP contribution in [0.5, 0.6) is 0 Å². The molecule has 1 aliphatic rings. The quantitative estimate of drug-likeness (QED) is 0.667. The predicted molar refractivity (Wildman–Crippen MR) is 61.2 cm³/mol. The van der Waals surface area contributed by atoms with E-state index in [1.165, 1.54) is 16.7 Å². The van der Waals surface area contributed by atoms with Crippen LogP contribution in [0.1, 0.15) is 17.5 Å². The second kappa shape index (κ2) is 3.85. The molecule has 0 N–H and O–H groups in total. The van der Waals surface area contributed by atoms with Crippen molar-refractivity contribution in [3.8, 4) is 0 Å².